The molecular formula is C15H14F2N2. The molecule has 0 fully saturated rings. The maximum Gasteiger partial charge on any atom is 0.170 e. The van der Waals surface area contributed by atoms with Crippen LogP contribution >= 0.6 is 0 Å². The molecule has 0 saturated carbocycles. The van der Waals surface area contributed by atoms with Crippen LogP contribution in [-0.2, 0) is 12.8 Å². The predicted octanol–water partition coefficient (Wildman–Crippen LogP) is 3.46. The first-order valence-electron chi connectivity index (χ1n) is 6.35. The van der Waals surface area contributed by atoms with Crippen LogP contribution in [0.3, 0.4) is 0 Å². The Morgan fingerprint density at radius 2 is 1.79 bits per heavy atom. The van der Waals surface area contributed by atoms with Crippen molar-refractivity contribution >= 4 is 0 Å². The summed E-state index contributed by atoms with van der Waals surface area (Å²) in [5.41, 5.74) is 2.44. The molecule has 0 bridgehead atoms. The van der Waals surface area contributed by atoms with Gasteiger partial charge in [-0.05, 0) is 48.4 Å². The van der Waals surface area contributed by atoms with Gasteiger partial charge in [0.25, 0.3) is 0 Å². The lowest BCUT2D eigenvalue weighted by Crippen LogP contribution is -2.00. The molecule has 1 aromatic heterocycles. The standard InChI is InChI=1S/C15H14F2N2/c1-8-3-10-5-12(14(17)13(16)11(10)4-8)15-18-6-9(2)7-19-15/h5-8H,3-4H2,1-2H3. The van der Waals surface area contributed by atoms with E-state index in [2.05, 4.69) is 9.97 Å². The number of nitrogens with zero attached hydrogens (tertiary/aromatic N) is 2. The Balaban J connectivity index is 2.16. The molecule has 0 N–H and O–H groups in total. The van der Waals surface area contributed by atoms with E-state index in [0.29, 0.717) is 17.9 Å². The molecule has 0 saturated heterocycles. The van der Waals surface area contributed by atoms with Crippen LogP contribution in [0.2, 0.25) is 0 Å². The zero-order valence-corrected chi connectivity index (χ0v) is 10.9. The first-order chi connectivity index (χ1) is 9.06. The van der Waals surface area contributed by atoms with Crippen molar-refractivity contribution in [1.82, 2.24) is 9.97 Å². The van der Waals surface area contributed by atoms with Crippen molar-refractivity contribution in [3.63, 3.8) is 0 Å². The summed E-state index contributed by atoms with van der Waals surface area (Å²) in [7, 11) is 0. The number of rotatable bonds is 1. The van der Waals surface area contributed by atoms with Crippen LogP contribution in [0.1, 0.15) is 23.6 Å². The van der Waals surface area contributed by atoms with E-state index in [-0.39, 0.29) is 11.4 Å². The second-order valence-corrected chi connectivity index (χ2v) is 5.29. The maximum atomic E-state index is 14.1. The van der Waals surface area contributed by atoms with Crippen molar-refractivity contribution in [1.29, 1.82) is 0 Å². The summed E-state index contributed by atoms with van der Waals surface area (Å²) in [6.07, 6.45) is 4.60. The first-order valence-corrected chi connectivity index (χ1v) is 6.35. The SMILES string of the molecule is Cc1cnc(-c2cc3c(c(F)c2F)CC(C)C3)nc1. The first kappa shape index (κ1) is 12.2. The molecular weight excluding hydrogens is 246 g/mol. The van der Waals surface area contributed by atoms with E-state index in [4.69, 9.17) is 0 Å². The summed E-state index contributed by atoms with van der Waals surface area (Å²) in [6.45, 7) is 3.89. The van der Waals surface area contributed by atoms with Crippen LogP contribution in [0.4, 0.5) is 8.78 Å². The largest absolute Gasteiger partial charge is 0.236 e. The van der Waals surface area contributed by atoms with Crippen molar-refractivity contribution in [2.24, 2.45) is 5.92 Å². The van der Waals surface area contributed by atoms with E-state index >= 15 is 0 Å². The molecule has 2 nitrogen and oxygen atoms in total. The van der Waals surface area contributed by atoms with Gasteiger partial charge in [-0.3, -0.25) is 0 Å². The Labute approximate surface area is 110 Å². The van der Waals surface area contributed by atoms with Crippen molar-refractivity contribution in [3.05, 3.63) is 46.8 Å². The van der Waals surface area contributed by atoms with Gasteiger partial charge in [-0.1, -0.05) is 6.92 Å². The van der Waals surface area contributed by atoms with Crippen molar-refractivity contribution in [2.75, 3.05) is 0 Å². The lowest BCUT2D eigenvalue weighted by molar-refractivity contribution is 0.498. The number of hydrogen-bond acceptors (Lipinski definition) is 2. The second-order valence-electron chi connectivity index (χ2n) is 5.29. The van der Waals surface area contributed by atoms with E-state index in [1.807, 2.05) is 13.8 Å². The molecule has 98 valence electrons. The minimum Gasteiger partial charge on any atom is -0.236 e. The van der Waals surface area contributed by atoms with Crippen molar-refractivity contribution in [2.45, 2.75) is 26.7 Å². The molecule has 1 aromatic carbocycles. The number of aromatic nitrogens is 2. The molecule has 3 rings (SSSR count). The topological polar surface area (TPSA) is 25.8 Å². The zero-order chi connectivity index (χ0) is 13.6. The van der Waals surface area contributed by atoms with Crippen LogP contribution < -0.4 is 0 Å². The minimum atomic E-state index is -0.836. The van der Waals surface area contributed by atoms with Gasteiger partial charge in [0.05, 0.1) is 5.56 Å². The number of fused-ring (bicyclic) bond motifs is 1. The highest BCUT2D eigenvalue weighted by atomic mass is 19.2. The molecule has 2 aromatic rings. The molecule has 0 spiro atoms. The van der Waals surface area contributed by atoms with E-state index in [0.717, 1.165) is 17.5 Å². The van der Waals surface area contributed by atoms with Gasteiger partial charge in [-0.2, -0.15) is 0 Å². The Morgan fingerprint density at radius 1 is 1.11 bits per heavy atom. The second kappa shape index (κ2) is 4.37. The fraction of sp³-hybridized carbons (Fsp3) is 0.333. The van der Waals surface area contributed by atoms with Crippen molar-refractivity contribution < 1.29 is 8.78 Å². The van der Waals surface area contributed by atoms with E-state index in [1.165, 1.54) is 0 Å². The van der Waals surface area contributed by atoms with Crippen LogP contribution in [-0.4, -0.2) is 9.97 Å². The quantitative estimate of drug-likeness (QED) is 0.784. The van der Waals surface area contributed by atoms with Gasteiger partial charge in [0, 0.05) is 12.4 Å². The Hall–Kier alpha value is -1.84. The monoisotopic (exact) mass is 260 g/mol. The van der Waals surface area contributed by atoms with Gasteiger partial charge in [0.2, 0.25) is 0 Å². The minimum absolute atomic E-state index is 0.158. The fourth-order valence-corrected chi connectivity index (χ4v) is 2.61. The highest BCUT2D eigenvalue weighted by Gasteiger charge is 2.26. The van der Waals surface area contributed by atoms with Crippen LogP contribution in [0.15, 0.2) is 18.5 Å². The Bertz CT molecular complexity index is 636. The van der Waals surface area contributed by atoms with Gasteiger partial charge in [-0.15, -0.1) is 0 Å². The third-order valence-corrected chi connectivity index (χ3v) is 3.54. The Morgan fingerprint density at radius 3 is 2.47 bits per heavy atom. The molecule has 0 radical (unpaired) electrons. The van der Waals surface area contributed by atoms with E-state index < -0.39 is 11.6 Å². The molecule has 1 aliphatic rings. The smallest absolute Gasteiger partial charge is 0.170 e. The van der Waals surface area contributed by atoms with Gasteiger partial charge in [0.1, 0.15) is 0 Å². The van der Waals surface area contributed by atoms with Crippen LogP contribution in [0.5, 0.6) is 0 Å². The highest BCUT2D eigenvalue weighted by Crippen LogP contribution is 2.34. The normalized spacial score (nSPS) is 17.6. The molecule has 19 heavy (non-hydrogen) atoms. The van der Waals surface area contributed by atoms with Crippen molar-refractivity contribution in [3.8, 4) is 11.4 Å². The molecule has 0 amide bonds. The Kier molecular flexibility index (Phi) is 2.81. The summed E-state index contributed by atoms with van der Waals surface area (Å²) in [6, 6.07) is 1.70. The lowest BCUT2D eigenvalue weighted by atomic mass is 10.0. The van der Waals surface area contributed by atoms with E-state index in [1.54, 1.807) is 18.5 Å². The average Bonchev–Trinajstić information content (AvgIpc) is 2.76. The summed E-state index contributed by atoms with van der Waals surface area (Å²) in [4.78, 5) is 8.15. The molecule has 0 aliphatic heterocycles. The summed E-state index contributed by atoms with van der Waals surface area (Å²) >= 11 is 0. The zero-order valence-electron chi connectivity index (χ0n) is 10.9. The predicted molar refractivity (Wildman–Crippen MR) is 68.7 cm³/mol. The molecule has 4 heteroatoms. The van der Waals surface area contributed by atoms with Gasteiger partial charge in [-0.25, -0.2) is 18.7 Å². The molecule has 1 heterocycles. The number of benzene rings is 1. The maximum absolute atomic E-state index is 14.1. The summed E-state index contributed by atoms with van der Waals surface area (Å²) < 4.78 is 28.2. The molecule has 1 atom stereocenters. The summed E-state index contributed by atoms with van der Waals surface area (Å²) in [5, 5.41) is 0. The number of halogens is 2. The number of hydrogen-bond donors (Lipinski definition) is 0. The molecule has 1 unspecified atom stereocenters. The van der Waals surface area contributed by atoms with E-state index in [9.17, 15) is 8.78 Å². The van der Waals surface area contributed by atoms with Crippen LogP contribution in [0.25, 0.3) is 11.4 Å². The number of aryl methyl sites for hydroxylation is 1. The lowest BCUT2D eigenvalue weighted by Gasteiger charge is -2.08. The van der Waals surface area contributed by atoms with Crippen LogP contribution in [0, 0.1) is 24.5 Å². The van der Waals surface area contributed by atoms with Gasteiger partial charge >= 0.3 is 0 Å². The van der Waals surface area contributed by atoms with Gasteiger partial charge in [0.15, 0.2) is 17.5 Å². The summed E-state index contributed by atoms with van der Waals surface area (Å²) in [5.74, 6) is -0.972. The molecule has 1 aliphatic carbocycles. The highest BCUT2D eigenvalue weighted by molar-refractivity contribution is 5.59. The third kappa shape index (κ3) is 2.01. The fourth-order valence-electron chi connectivity index (χ4n) is 2.61. The van der Waals surface area contributed by atoms with Gasteiger partial charge < -0.3 is 0 Å². The third-order valence-electron chi connectivity index (χ3n) is 3.54. The average molecular weight is 260 g/mol.